The number of ether oxygens (including phenoxy) is 1. The first-order valence-electron chi connectivity index (χ1n) is 9.30. The molecule has 1 fully saturated rings. The number of rotatable bonds is 7. The third-order valence-corrected chi connectivity index (χ3v) is 4.86. The standard InChI is InChI=1S/C21H19ClFN3O3/c1-13(28-18-10-6-16(23)7-11-18)21(27)26(17-8-9-17)12-19-24-25-20(29-19)14-2-4-15(22)5-3-14/h2-7,10-11,13,17H,8-9,12H2,1H3. The van der Waals surface area contributed by atoms with Gasteiger partial charge in [0.1, 0.15) is 11.6 Å². The van der Waals surface area contributed by atoms with E-state index in [1.54, 1.807) is 36.1 Å². The number of halogens is 2. The summed E-state index contributed by atoms with van der Waals surface area (Å²) >= 11 is 5.90. The fourth-order valence-electron chi connectivity index (χ4n) is 2.95. The number of aromatic nitrogens is 2. The Labute approximate surface area is 172 Å². The van der Waals surface area contributed by atoms with Gasteiger partial charge in [-0.3, -0.25) is 4.79 Å². The number of benzene rings is 2. The molecule has 0 spiro atoms. The van der Waals surface area contributed by atoms with Crippen molar-refractivity contribution in [3.8, 4) is 17.2 Å². The van der Waals surface area contributed by atoms with Crippen molar-refractivity contribution in [1.29, 1.82) is 0 Å². The average molecular weight is 416 g/mol. The van der Waals surface area contributed by atoms with Crippen molar-refractivity contribution in [2.45, 2.75) is 38.5 Å². The second kappa shape index (κ2) is 8.21. The van der Waals surface area contributed by atoms with Crippen LogP contribution in [0, 0.1) is 5.82 Å². The zero-order valence-electron chi connectivity index (χ0n) is 15.7. The molecule has 0 N–H and O–H groups in total. The minimum atomic E-state index is -0.722. The van der Waals surface area contributed by atoms with Crippen molar-refractivity contribution in [2.24, 2.45) is 0 Å². The van der Waals surface area contributed by atoms with Crippen molar-refractivity contribution < 1.29 is 18.3 Å². The van der Waals surface area contributed by atoms with Crippen molar-refractivity contribution in [3.05, 3.63) is 65.3 Å². The highest BCUT2D eigenvalue weighted by atomic mass is 35.5. The molecule has 4 rings (SSSR count). The van der Waals surface area contributed by atoms with Gasteiger partial charge in [-0.15, -0.1) is 10.2 Å². The molecule has 1 aliphatic rings. The van der Waals surface area contributed by atoms with Gasteiger partial charge >= 0.3 is 0 Å². The highest BCUT2D eigenvalue weighted by Gasteiger charge is 2.36. The molecule has 1 unspecified atom stereocenters. The Morgan fingerprint density at radius 2 is 1.90 bits per heavy atom. The van der Waals surface area contributed by atoms with E-state index in [4.69, 9.17) is 20.8 Å². The molecule has 0 bridgehead atoms. The molecule has 3 aromatic rings. The van der Waals surface area contributed by atoms with Crippen LogP contribution in [0.4, 0.5) is 4.39 Å². The SMILES string of the molecule is CC(Oc1ccc(F)cc1)C(=O)N(Cc1nnc(-c2ccc(Cl)cc2)o1)C1CC1. The van der Waals surface area contributed by atoms with Crippen LogP contribution < -0.4 is 4.74 Å². The Morgan fingerprint density at radius 1 is 1.21 bits per heavy atom. The predicted molar refractivity (Wildman–Crippen MR) is 105 cm³/mol. The van der Waals surface area contributed by atoms with Gasteiger partial charge in [-0.25, -0.2) is 4.39 Å². The van der Waals surface area contributed by atoms with Crippen LogP contribution in [-0.4, -0.2) is 33.2 Å². The summed E-state index contributed by atoms with van der Waals surface area (Å²) in [6, 6.07) is 12.8. The first-order valence-corrected chi connectivity index (χ1v) is 9.68. The molecular formula is C21H19ClFN3O3. The summed E-state index contributed by atoms with van der Waals surface area (Å²) in [5, 5.41) is 8.76. The van der Waals surface area contributed by atoms with Crippen molar-refractivity contribution in [1.82, 2.24) is 15.1 Å². The molecule has 1 atom stereocenters. The molecule has 0 saturated heterocycles. The second-order valence-electron chi connectivity index (χ2n) is 6.92. The summed E-state index contributed by atoms with van der Waals surface area (Å²) in [6.45, 7) is 1.88. The number of carbonyl (C=O) groups is 1. The van der Waals surface area contributed by atoms with Gasteiger partial charge in [0.2, 0.25) is 11.8 Å². The molecule has 0 radical (unpaired) electrons. The van der Waals surface area contributed by atoms with E-state index in [1.807, 2.05) is 0 Å². The summed E-state index contributed by atoms with van der Waals surface area (Å²) in [7, 11) is 0. The van der Waals surface area contributed by atoms with Crippen LogP contribution in [0.3, 0.4) is 0 Å². The monoisotopic (exact) mass is 415 g/mol. The van der Waals surface area contributed by atoms with Crippen LogP contribution in [0.2, 0.25) is 5.02 Å². The highest BCUT2D eigenvalue weighted by Crippen LogP contribution is 2.30. The number of amides is 1. The van der Waals surface area contributed by atoms with Gasteiger partial charge in [0.05, 0.1) is 6.54 Å². The molecule has 8 heteroatoms. The van der Waals surface area contributed by atoms with E-state index >= 15 is 0 Å². The van der Waals surface area contributed by atoms with E-state index in [9.17, 15) is 9.18 Å². The average Bonchev–Trinajstić information content (AvgIpc) is 3.46. The Kier molecular flexibility index (Phi) is 5.49. The molecule has 0 aliphatic heterocycles. The lowest BCUT2D eigenvalue weighted by molar-refractivity contribution is -0.139. The molecular weight excluding hydrogens is 397 g/mol. The molecule has 1 amide bonds. The van der Waals surface area contributed by atoms with Gasteiger partial charge in [0, 0.05) is 16.6 Å². The maximum absolute atomic E-state index is 13.1. The normalized spacial score (nSPS) is 14.4. The molecule has 150 valence electrons. The molecule has 2 aromatic carbocycles. The van der Waals surface area contributed by atoms with Gasteiger partial charge in [0.15, 0.2) is 6.10 Å². The molecule has 1 saturated carbocycles. The van der Waals surface area contributed by atoms with E-state index < -0.39 is 6.10 Å². The lowest BCUT2D eigenvalue weighted by Crippen LogP contribution is -2.41. The number of hydrogen-bond donors (Lipinski definition) is 0. The Hall–Kier alpha value is -2.93. The Balaban J connectivity index is 1.44. The maximum Gasteiger partial charge on any atom is 0.264 e. The zero-order valence-corrected chi connectivity index (χ0v) is 16.5. The van der Waals surface area contributed by atoms with Crippen LogP contribution in [0.1, 0.15) is 25.7 Å². The molecule has 6 nitrogen and oxygen atoms in total. The fourth-order valence-corrected chi connectivity index (χ4v) is 3.07. The summed E-state index contributed by atoms with van der Waals surface area (Å²) in [4.78, 5) is 14.6. The molecule has 1 aromatic heterocycles. The van der Waals surface area contributed by atoms with Crippen LogP contribution in [0.5, 0.6) is 5.75 Å². The topological polar surface area (TPSA) is 68.5 Å². The highest BCUT2D eigenvalue weighted by molar-refractivity contribution is 6.30. The van der Waals surface area contributed by atoms with E-state index in [-0.39, 0.29) is 24.3 Å². The summed E-state index contributed by atoms with van der Waals surface area (Å²) in [6.07, 6.45) is 1.13. The first-order chi connectivity index (χ1) is 14.0. The number of hydrogen-bond acceptors (Lipinski definition) is 5. The van der Waals surface area contributed by atoms with Crippen LogP contribution in [0.15, 0.2) is 52.9 Å². The Bertz CT molecular complexity index is 987. The smallest absolute Gasteiger partial charge is 0.264 e. The van der Waals surface area contributed by atoms with Gasteiger partial charge in [-0.2, -0.15) is 0 Å². The summed E-state index contributed by atoms with van der Waals surface area (Å²) < 4.78 is 24.5. The van der Waals surface area contributed by atoms with Gasteiger partial charge in [-0.05, 0) is 68.3 Å². The van der Waals surface area contributed by atoms with Crippen LogP contribution >= 0.6 is 11.6 Å². The number of carbonyl (C=O) groups excluding carboxylic acids is 1. The second-order valence-corrected chi connectivity index (χ2v) is 7.36. The number of nitrogens with zero attached hydrogens (tertiary/aromatic N) is 3. The quantitative estimate of drug-likeness (QED) is 0.568. The lowest BCUT2D eigenvalue weighted by atomic mass is 10.2. The molecule has 1 aliphatic carbocycles. The first kappa shape index (κ1) is 19.4. The van der Waals surface area contributed by atoms with Crippen molar-refractivity contribution in [3.63, 3.8) is 0 Å². The van der Waals surface area contributed by atoms with E-state index in [0.717, 1.165) is 18.4 Å². The predicted octanol–water partition coefficient (Wildman–Crippen LogP) is 4.49. The Morgan fingerprint density at radius 3 is 2.55 bits per heavy atom. The van der Waals surface area contributed by atoms with E-state index in [2.05, 4.69) is 10.2 Å². The van der Waals surface area contributed by atoms with Gasteiger partial charge in [-0.1, -0.05) is 11.6 Å². The zero-order chi connectivity index (χ0) is 20.4. The largest absolute Gasteiger partial charge is 0.481 e. The maximum atomic E-state index is 13.1. The minimum Gasteiger partial charge on any atom is -0.481 e. The van der Waals surface area contributed by atoms with Crippen LogP contribution in [0.25, 0.3) is 11.5 Å². The molecule has 29 heavy (non-hydrogen) atoms. The van der Waals surface area contributed by atoms with Gasteiger partial charge < -0.3 is 14.1 Å². The van der Waals surface area contributed by atoms with E-state index in [0.29, 0.717) is 22.6 Å². The third-order valence-electron chi connectivity index (χ3n) is 4.61. The van der Waals surface area contributed by atoms with E-state index in [1.165, 1.54) is 24.3 Å². The fraction of sp³-hybridized carbons (Fsp3) is 0.286. The summed E-state index contributed by atoms with van der Waals surface area (Å²) in [5.74, 6) is 0.623. The lowest BCUT2D eigenvalue weighted by Gasteiger charge is -2.24. The van der Waals surface area contributed by atoms with Crippen molar-refractivity contribution >= 4 is 17.5 Å². The van der Waals surface area contributed by atoms with Crippen LogP contribution in [-0.2, 0) is 11.3 Å². The van der Waals surface area contributed by atoms with Gasteiger partial charge in [0.25, 0.3) is 5.91 Å². The molecule has 1 heterocycles. The minimum absolute atomic E-state index is 0.132. The van der Waals surface area contributed by atoms with Crippen molar-refractivity contribution in [2.75, 3.05) is 0 Å². The third kappa shape index (κ3) is 4.74. The summed E-state index contributed by atoms with van der Waals surface area (Å²) in [5.41, 5.74) is 0.755.